The van der Waals surface area contributed by atoms with Gasteiger partial charge in [0.2, 0.25) is 0 Å². The molecule has 0 spiro atoms. The summed E-state index contributed by atoms with van der Waals surface area (Å²) in [6.45, 7) is 10.9. The molecule has 4 rings (SSSR count). The van der Waals surface area contributed by atoms with Crippen molar-refractivity contribution in [3.8, 4) is 5.75 Å². The number of aliphatic hydroxyl groups excluding tert-OH is 1. The van der Waals surface area contributed by atoms with E-state index >= 15 is 0 Å². The van der Waals surface area contributed by atoms with Gasteiger partial charge in [0.25, 0.3) is 0 Å². The lowest BCUT2D eigenvalue weighted by Crippen LogP contribution is -2.37. The molecule has 4 nitrogen and oxygen atoms in total. The highest BCUT2D eigenvalue weighted by atomic mass is 16.5. The minimum absolute atomic E-state index is 0.00272. The number of carbonyl (C=O) groups excluding carboxylic acids is 1. The average Bonchev–Trinajstić information content (AvgIpc) is 2.89. The molecule has 4 heteroatoms. The molecular formula is C33H37NO3. The summed E-state index contributed by atoms with van der Waals surface area (Å²) in [7, 11) is 0. The van der Waals surface area contributed by atoms with E-state index in [0.29, 0.717) is 23.4 Å². The molecule has 0 bridgehead atoms. The van der Waals surface area contributed by atoms with E-state index in [-0.39, 0.29) is 18.5 Å². The number of ether oxygens (including phenoxy) is 1. The van der Waals surface area contributed by atoms with Crippen LogP contribution in [0.15, 0.2) is 84.9 Å². The molecule has 0 radical (unpaired) electrons. The highest BCUT2D eigenvalue weighted by Gasteiger charge is 2.22. The van der Waals surface area contributed by atoms with E-state index in [1.165, 1.54) is 5.69 Å². The molecule has 1 unspecified atom stereocenters. The van der Waals surface area contributed by atoms with Crippen LogP contribution < -0.4 is 9.64 Å². The summed E-state index contributed by atoms with van der Waals surface area (Å²) in [5.41, 5.74) is 4.56. The van der Waals surface area contributed by atoms with E-state index in [1.54, 1.807) is 6.07 Å². The Labute approximate surface area is 220 Å². The van der Waals surface area contributed by atoms with E-state index in [2.05, 4.69) is 63.8 Å². The summed E-state index contributed by atoms with van der Waals surface area (Å²) < 4.78 is 6.07. The van der Waals surface area contributed by atoms with Crippen LogP contribution in [0.3, 0.4) is 0 Å². The van der Waals surface area contributed by atoms with Gasteiger partial charge >= 0.3 is 5.97 Å². The minimum Gasteiger partial charge on any atom is -0.423 e. The highest BCUT2D eigenvalue weighted by molar-refractivity contribution is 6.05. The Hall–Kier alpha value is -3.63. The smallest absolute Gasteiger partial charge is 0.344 e. The van der Waals surface area contributed by atoms with E-state index in [4.69, 9.17) is 4.74 Å². The van der Waals surface area contributed by atoms with Crippen LogP contribution in [0.4, 0.5) is 5.69 Å². The molecule has 4 aromatic rings. The molecule has 4 aromatic carbocycles. The van der Waals surface area contributed by atoms with Gasteiger partial charge in [-0.05, 0) is 86.3 Å². The van der Waals surface area contributed by atoms with Crippen molar-refractivity contribution in [2.45, 2.75) is 65.6 Å². The summed E-state index contributed by atoms with van der Waals surface area (Å²) in [6.07, 6.45) is 0.820. The van der Waals surface area contributed by atoms with Crippen molar-refractivity contribution in [1.29, 1.82) is 0 Å². The number of hydrogen-bond donors (Lipinski definition) is 1. The summed E-state index contributed by atoms with van der Waals surface area (Å²) in [5.74, 6) is 0.143. The van der Waals surface area contributed by atoms with Gasteiger partial charge in [-0.3, -0.25) is 0 Å². The van der Waals surface area contributed by atoms with Crippen LogP contribution in [0.2, 0.25) is 0 Å². The van der Waals surface area contributed by atoms with E-state index in [0.717, 1.165) is 33.9 Å². The Bertz CT molecular complexity index is 1360. The first-order valence-corrected chi connectivity index (χ1v) is 13.2. The zero-order valence-corrected chi connectivity index (χ0v) is 22.4. The summed E-state index contributed by atoms with van der Waals surface area (Å²) in [4.78, 5) is 15.8. The molecule has 0 aliphatic heterocycles. The van der Waals surface area contributed by atoms with Crippen molar-refractivity contribution in [3.63, 3.8) is 0 Å². The summed E-state index contributed by atoms with van der Waals surface area (Å²) >= 11 is 0. The van der Waals surface area contributed by atoms with Gasteiger partial charge in [0.05, 0.1) is 12.2 Å². The predicted molar refractivity (Wildman–Crippen MR) is 153 cm³/mol. The van der Waals surface area contributed by atoms with Gasteiger partial charge in [0, 0.05) is 29.3 Å². The summed E-state index contributed by atoms with van der Waals surface area (Å²) in [5, 5.41) is 11.7. The highest BCUT2D eigenvalue weighted by Crippen LogP contribution is 2.37. The fraction of sp³-hybridized carbons (Fsp3) is 0.303. The van der Waals surface area contributed by atoms with Crippen molar-refractivity contribution in [2.24, 2.45) is 0 Å². The molecule has 1 N–H and O–H groups in total. The lowest BCUT2D eigenvalue weighted by molar-refractivity contribution is 0.0734. The van der Waals surface area contributed by atoms with Gasteiger partial charge in [0.15, 0.2) is 0 Å². The molecule has 0 saturated carbocycles. The Morgan fingerprint density at radius 1 is 0.865 bits per heavy atom. The molecule has 0 heterocycles. The second-order valence-corrected chi connectivity index (χ2v) is 10.1. The third-order valence-electron chi connectivity index (χ3n) is 6.94. The van der Waals surface area contributed by atoms with Crippen molar-refractivity contribution in [1.82, 2.24) is 0 Å². The molecule has 1 atom stereocenters. The Morgan fingerprint density at radius 2 is 1.57 bits per heavy atom. The first-order valence-electron chi connectivity index (χ1n) is 13.2. The number of carbonyl (C=O) groups is 1. The molecule has 0 fully saturated rings. The fourth-order valence-corrected chi connectivity index (χ4v) is 5.35. The fourth-order valence-electron chi connectivity index (χ4n) is 5.35. The maximum absolute atomic E-state index is 13.4. The Balaban J connectivity index is 1.75. The second-order valence-electron chi connectivity index (χ2n) is 10.1. The third kappa shape index (κ3) is 5.70. The first-order chi connectivity index (χ1) is 17.8. The van der Waals surface area contributed by atoms with Crippen molar-refractivity contribution in [3.05, 3.63) is 107 Å². The van der Waals surface area contributed by atoms with Crippen LogP contribution in [0.1, 0.15) is 74.0 Å². The Kier molecular flexibility index (Phi) is 8.30. The number of hydrogen-bond acceptors (Lipinski definition) is 4. The lowest BCUT2D eigenvalue weighted by atomic mass is 9.87. The van der Waals surface area contributed by atoms with Crippen LogP contribution >= 0.6 is 0 Å². The number of aliphatic hydroxyl groups is 1. The third-order valence-corrected chi connectivity index (χ3v) is 6.94. The SMILES string of the molecule is CCC(c1cccc(N(C(C)C)C(C)C)c1)c1cc(CO)ccc1OC(=O)c1cccc2ccccc12. The number of anilines is 1. The lowest BCUT2D eigenvalue weighted by Gasteiger charge is -2.34. The molecule has 0 aliphatic carbocycles. The predicted octanol–water partition coefficient (Wildman–Crippen LogP) is 7.72. The molecule has 0 aliphatic rings. The zero-order valence-electron chi connectivity index (χ0n) is 22.4. The van der Waals surface area contributed by atoms with Crippen LogP contribution in [0, 0.1) is 0 Å². The zero-order chi connectivity index (χ0) is 26.5. The quantitative estimate of drug-likeness (QED) is 0.191. The maximum Gasteiger partial charge on any atom is 0.344 e. The van der Waals surface area contributed by atoms with Crippen LogP contribution in [0.25, 0.3) is 10.8 Å². The van der Waals surface area contributed by atoms with Gasteiger partial charge in [-0.2, -0.15) is 0 Å². The molecule has 192 valence electrons. The first kappa shape index (κ1) is 26.4. The second kappa shape index (κ2) is 11.6. The van der Waals surface area contributed by atoms with Gasteiger partial charge in [0.1, 0.15) is 5.75 Å². The van der Waals surface area contributed by atoms with Crippen LogP contribution in [-0.4, -0.2) is 23.2 Å². The topological polar surface area (TPSA) is 49.8 Å². The largest absolute Gasteiger partial charge is 0.423 e. The van der Waals surface area contributed by atoms with Crippen LogP contribution in [0.5, 0.6) is 5.75 Å². The van der Waals surface area contributed by atoms with Crippen molar-refractivity contribution >= 4 is 22.4 Å². The van der Waals surface area contributed by atoms with Gasteiger partial charge < -0.3 is 14.7 Å². The Morgan fingerprint density at radius 3 is 2.27 bits per heavy atom. The molecule has 0 amide bonds. The van der Waals surface area contributed by atoms with Crippen molar-refractivity contribution in [2.75, 3.05) is 4.90 Å². The normalized spacial score (nSPS) is 12.2. The number of rotatable bonds is 9. The molecular weight excluding hydrogens is 458 g/mol. The van der Waals surface area contributed by atoms with E-state index < -0.39 is 0 Å². The maximum atomic E-state index is 13.4. The average molecular weight is 496 g/mol. The molecule has 0 aromatic heterocycles. The van der Waals surface area contributed by atoms with Gasteiger partial charge in [-0.15, -0.1) is 0 Å². The number of esters is 1. The monoisotopic (exact) mass is 495 g/mol. The van der Waals surface area contributed by atoms with Crippen molar-refractivity contribution < 1.29 is 14.6 Å². The number of nitrogens with zero attached hydrogens (tertiary/aromatic N) is 1. The van der Waals surface area contributed by atoms with E-state index in [1.807, 2.05) is 54.6 Å². The van der Waals surface area contributed by atoms with Crippen LogP contribution in [-0.2, 0) is 6.61 Å². The standard InChI is InChI=1S/C33H37NO3/c1-6-28(26-13-9-14-27(20-26)34(22(2)3)23(4)5)31-19-24(21-35)17-18-32(31)37-33(36)30-16-10-12-25-11-7-8-15-29(25)30/h7-20,22-23,28,35H,6,21H2,1-5H3. The molecule has 0 saturated heterocycles. The van der Waals surface area contributed by atoms with Gasteiger partial charge in [-0.25, -0.2) is 4.79 Å². The number of benzene rings is 4. The summed E-state index contributed by atoms with van der Waals surface area (Å²) in [6, 6.07) is 28.5. The molecule has 37 heavy (non-hydrogen) atoms. The van der Waals surface area contributed by atoms with E-state index in [9.17, 15) is 9.90 Å². The number of fused-ring (bicyclic) bond motifs is 1. The minimum atomic E-state index is -0.385. The van der Waals surface area contributed by atoms with Gasteiger partial charge in [-0.1, -0.05) is 61.5 Å².